The third-order valence-electron chi connectivity index (χ3n) is 4.66. The number of benzene rings is 1. The Bertz CT molecular complexity index is 549. The van der Waals surface area contributed by atoms with Gasteiger partial charge in [-0.25, -0.2) is 0 Å². The van der Waals surface area contributed by atoms with Crippen LogP contribution in [-0.2, 0) is 54.0 Å². The van der Waals surface area contributed by atoms with Crippen LogP contribution < -0.4 is 0 Å². The molecule has 0 saturated heterocycles. The van der Waals surface area contributed by atoms with E-state index in [4.69, 9.17) is 47.4 Å². The third kappa shape index (κ3) is 26.2. The molecule has 0 aromatic heterocycles. The second kappa shape index (κ2) is 29.4. The van der Waals surface area contributed by atoms with Crippen LogP contribution in [0.15, 0.2) is 30.3 Å². The van der Waals surface area contributed by atoms with Crippen molar-refractivity contribution >= 4 is 0 Å². The summed E-state index contributed by atoms with van der Waals surface area (Å²) in [5.41, 5.74) is 1.16. The van der Waals surface area contributed by atoms with Crippen LogP contribution in [0, 0.1) is 0 Å². The molecular weight excluding hydrogens is 484 g/mol. The highest BCUT2D eigenvalue weighted by atomic mass is 16.6. The zero-order chi connectivity index (χ0) is 26.3. The fourth-order valence-corrected chi connectivity index (χ4v) is 2.79. The van der Waals surface area contributed by atoms with Gasteiger partial charge in [-0.05, 0) is 12.5 Å². The van der Waals surface area contributed by atoms with Crippen molar-refractivity contribution in [3.63, 3.8) is 0 Å². The van der Waals surface area contributed by atoms with E-state index in [-0.39, 0.29) is 0 Å². The molecule has 10 heteroatoms. The highest BCUT2D eigenvalue weighted by Crippen LogP contribution is 2.00. The first-order chi connectivity index (χ1) is 18.4. The molecule has 10 nitrogen and oxygen atoms in total. The van der Waals surface area contributed by atoms with Crippen LogP contribution in [0.25, 0.3) is 0 Å². The second-order valence-corrected chi connectivity index (χ2v) is 7.63. The van der Waals surface area contributed by atoms with Gasteiger partial charge in [0, 0.05) is 6.61 Å². The molecular formula is C27H48O10. The minimum absolute atomic E-state index is 0.526. The molecule has 0 aliphatic heterocycles. The van der Waals surface area contributed by atoms with Crippen molar-refractivity contribution in [2.24, 2.45) is 0 Å². The summed E-state index contributed by atoms with van der Waals surface area (Å²) < 4.78 is 54.3. The van der Waals surface area contributed by atoms with E-state index in [1.807, 2.05) is 37.3 Å². The van der Waals surface area contributed by atoms with Crippen molar-refractivity contribution in [1.82, 2.24) is 0 Å². The zero-order valence-electron chi connectivity index (χ0n) is 22.6. The minimum atomic E-state index is 0.526. The smallest absolute Gasteiger partial charge is 0.0718 e. The fourth-order valence-electron chi connectivity index (χ4n) is 2.79. The normalized spacial score (nSPS) is 11.4. The van der Waals surface area contributed by atoms with Crippen LogP contribution >= 0.6 is 0 Å². The molecule has 0 fully saturated rings. The van der Waals surface area contributed by atoms with Crippen molar-refractivity contribution in [2.75, 3.05) is 126 Å². The first kappa shape index (κ1) is 33.8. The Kier molecular flexibility index (Phi) is 26.9. The number of hydrogen-bond acceptors (Lipinski definition) is 10. The van der Waals surface area contributed by atoms with Gasteiger partial charge in [-0.1, -0.05) is 30.3 Å². The maximum atomic E-state index is 5.56. The second-order valence-electron chi connectivity index (χ2n) is 7.63. The van der Waals surface area contributed by atoms with Crippen molar-refractivity contribution in [2.45, 2.75) is 13.5 Å². The molecule has 0 aliphatic rings. The Balaban J connectivity index is 1.62. The van der Waals surface area contributed by atoms with E-state index in [1.54, 1.807) is 0 Å². The largest absolute Gasteiger partial charge is 0.379 e. The summed E-state index contributed by atoms with van der Waals surface area (Å²) in [6.45, 7) is 13.1. The van der Waals surface area contributed by atoms with Gasteiger partial charge in [-0.2, -0.15) is 0 Å². The van der Waals surface area contributed by atoms with Crippen LogP contribution in [0.3, 0.4) is 0 Å². The molecule has 0 heterocycles. The highest BCUT2D eigenvalue weighted by molar-refractivity contribution is 5.13. The standard InChI is InChI=1S/C27H48O10/c1-2-28-8-9-29-10-11-30-12-13-31-14-15-32-16-17-33-18-19-34-20-21-35-22-23-36-24-25-37-26-27-6-4-3-5-7-27/h3-7H,2,8-26H2,1H3. The van der Waals surface area contributed by atoms with Gasteiger partial charge in [0.1, 0.15) is 0 Å². The minimum Gasteiger partial charge on any atom is -0.379 e. The first-order valence-corrected chi connectivity index (χ1v) is 13.2. The zero-order valence-corrected chi connectivity index (χ0v) is 22.6. The van der Waals surface area contributed by atoms with Crippen LogP contribution in [-0.4, -0.2) is 126 Å². The van der Waals surface area contributed by atoms with Gasteiger partial charge in [-0.15, -0.1) is 0 Å². The molecule has 0 N–H and O–H groups in total. The van der Waals surface area contributed by atoms with E-state index < -0.39 is 0 Å². The molecule has 1 aromatic carbocycles. The summed E-state index contributed by atoms with van der Waals surface area (Å²) >= 11 is 0. The van der Waals surface area contributed by atoms with E-state index in [9.17, 15) is 0 Å². The molecule has 0 bridgehead atoms. The average Bonchev–Trinajstić information content (AvgIpc) is 2.93. The quantitative estimate of drug-likeness (QED) is 0.138. The molecule has 216 valence electrons. The molecule has 0 aliphatic carbocycles. The summed E-state index contributed by atoms with van der Waals surface area (Å²) in [5, 5.41) is 0. The monoisotopic (exact) mass is 532 g/mol. The van der Waals surface area contributed by atoms with Crippen LogP contribution in [0.1, 0.15) is 12.5 Å². The van der Waals surface area contributed by atoms with E-state index in [0.717, 1.165) is 5.56 Å². The summed E-state index contributed by atoms with van der Waals surface area (Å²) in [6, 6.07) is 10.1. The Morgan fingerprint density at radius 2 is 0.622 bits per heavy atom. The fraction of sp³-hybridized carbons (Fsp3) is 0.778. The van der Waals surface area contributed by atoms with Crippen LogP contribution in [0.5, 0.6) is 0 Å². The number of hydrogen-bond donors (Lipinski definition) is 0. The lowest BCUT2D eigenvalue weighted by Gasteiger charge is -2.09. The molecule has 0 spiro atoms. The molecule has 0 saturated carbocycles. The predicted octanol–water partition coefficient (Wildman–Crippen LogP) is 2.37. The first-order valence-electron chi connectivity index (χ1n) is 13.2. The van der Waals surface area contributed by atoms with Gasteiger partial charge < -0.3 is 47.4 Å². The SMILES string of the molecule is CCOCCOCCOCCOCCOCCOCCOCCOCCOCCOCc1ccccc1. The van der Waals surface area contributed by atoms with Gasteiger partial charge in [0.25, 0.3) is 0 Å². The number of rotatable bonds is 30. The molecule has 0 amide bonds. The van der Waals surface area contributed by atoms with Crippen LogP contribution in [0.4, 0.5) is 0 Å². The van der Waals surface area contributed by atoms with E-state index >= 15 is 0 Å². The van der Waals surface area contributed by atoms with Crippen molar-refractivity contribution < 1.29 is 47.4 Å². The average molecular weight is 533 g/mol. The third-order valence-corrected chi connectivity index (χ3v) is 4.66. The lowest BCUT2D eigenvalue weighted by Crippen LogP contribution is -2.15. The number of ether oxygens (including phenoxy) is 10. The summed E-state index contributed by atoms with van der Waals surface area (Å²) in [4.78, 5) is 0. The highest BCUT2D eigenvalue weighted by Gasteiger charge is 1.96. The van der Waals surface area contributed by atoms with Gasteiger partial charge in [0.15, 0.2) is 0 Å². The molecule has 0 unspecified atom stereocenters. The Morgan fingerprint density at radius 1 is 0.351 bits per heavy atom. The van der Waals surface area contributed by atoms with Crippen LogP contribution in [0.2, 0.25) is 0 Å². The van der Waals surface area contributed by atoms with E-state index in [0.29, 0.717) is 132 Å². The van der Waals surface area contributed by atoms with Gasteiger partial charge in [0.2, 0.25) is 0 Å². The maximum Gasteiger partial charge on any atom is 0.0718 e. The molecule has 1 aromatic rings. The predicted molar refractivity (Wildman–Crippen MR) is 139 cm³/mol. The van der Waals surface area contributed by atoms with E-state index in [2.05, 4.69) is 0 Å². The van der Waals surface area contributed by atoms with Gasteiger partial charge in [-0.3, -0.25) is 0 Å². The topological polar surface area (TPSA) is 92.3 Å². The van der Waals surface area contributed by atoms with E-state index in [1.165, 1.54) is 0 Å². The molecule has 37 heavy (non-hydrogen) atoms. The lowest BCUT2D eigenvalue weighted by atomic mass is 10.2. The Labute approximate surface area is 222 Å². The maximum absolute atomic E-state index is 5.56. The van der Waals surface area contributed by atoms with Gasteiger partial charge >= 0.3 is 0 Å². The van der Waals surface area contributed by atoms with Gasteiger partial charge in [0.05, 0.1) is 126 Å². The summed E-state index contributed by atoms with van der Waals surface area (Å²) in [5.74, 6) is 0. The Hall–Kier alpha value is -1.18. The molecule has 0 radical (unpaired) electrons. The summed E-state index contributed by atoms with van der Waals surface area (Å²) in [7, 11) is 0. The summed E-state index contributed by atoms with van der Waals surface area (Å²) in [6.07, 6.45) is 0. The van der Waals surface area contributed by atoms with Crippen molar-refractivity contribution in [1.29, 1.82) is 0 Å². The van der Waals surface area contributed by atoms with Crippen molar-refractivity contribution in [3.8, 4) is 0 Å². The lowest BCUT2D eigenvalue weighted by molar-refractivity contribution is -0.0265. The molecule has 1 rings (SSSR count). The van der Waals surface area contributed by atoms with Crippen molar-refractivity contribution in [3.05, 3.63) is 35.9 Å². The molecule has 0 atom stereocenters. The Morgan fingerprint density at radius 3 is 0.919 bits per heavy atom.